The molecule has 5 nitrogen and oxygen atoms in total. The van der Waals surface area contributed by atoms with Crippen LogP contribution in [0.5, 0.6) is 0 Å². The van der Waals surface area contributed by atoms with Crippen molar-refractivity contribution < 1.29 is 0 Å². The highest BCUT2D eigenvalue weighted by molar-refractivity contribution is 5.26. The number of rotatable bonds is 3. The van der Waals surface area contributed by atoms with Crippen LogP contribution < -0.4 is 17.0 Å². The Hall–Kier alpha value is -1.52. The number of aromatic nitrogens is 2. The SMILES string of the molecule is CCC(C)Cn1c(N)cc(=O)[nH]c1=O. The van der Waals surface area contributed by atoms with E-state index in [1.807, 2.05) is 13.8 Å². The zero-order valence-electron chi connectivity index (χ0n) is 8.41. The standard InChI is InChI=1S/C9H15N3O2/c1-3-6(2)5-12-7(10)4-8(13)11-9(12)14/h4,6H,3,5,10H2,1-2H3,(H,11,13,14). The number of nitrogens with one attached hydrogen (secondary N) is 1. The second-order valence-corrected chi connectivity index (χ2v) is 3.49. The molecular weight excluding hydrogens is 182 g/mol. The molecule has 0 aliphatic heterocycles. The first-order chi connectivity index (χ1) is 6.54. The van der Waals surface area contributed by atoms with E-state index in [0.717, 1.165) is 6.42 Å². The van der Waals surface area contributed by atoms with Crippen molar-refractivity contribution in [3.05, 3.63) is 26.9 Å². The summed E-state index contributed by atoms with van der Waals surface area (Å²) in [5.74, 6) is 0.583. The Balaban J connectivity index is 3.09. The van der Waals surface area contributed by atoms with Gasteiger partial charge in [-0.15, -0.1) is 0 Å². The fourth-order valence-electron chi connectivity index (χ4n) is 1.17. The second-order valence-electron chi connectivity index (χ2n) is 3.49. The molecule has 1 unspecified atom stereocenters. The molecular formula is C9H15N3O2. The Morgan fingerprint density at radius 2 is 2.21 bits per heavy atom. The fourth-order valence-corrected chi connectivity index (χ4v) is 1.17. The zero-order valence-corrected chi connectivity index (χ0v) is 8.41. The van der Waals surface area contributed by atoms with Crippen LogP contribution in [0.15, 0.2) is 15.7 Å². The summed E-state index contributed by atoms with van der Waals surface area (Å²) in [6, 6.07) is 1.23. The van der Waals surface area contributed by atoms with Crippen LogP contribution in [0.3, 0.4) is 0 Å². The Labute approximate surface area is 81.6 Å². The van der Waals surface area contributed by atoms with E-state index in [1.165, 1.54) is 10.6 Å². The van der Waals surface area contributed by atoms with Crippen LogP contribution in [0.2, 0.25) is 0 Å². The van der Waals surface area contributed by atoms with Gasteiger partial charge in [-0.25, -0.2) is 4.79 Å². The number of nitrogens with zero attached hydrogens (tertiary/aromatic N) is 1. The van der Waals surface area contributed by atoms with Gasteiger partial charge in [0, 0.05) is 12.6 Å². The van der Waals surface area contributed by atoms with Crippen molar-refractivity contribution >= 4 is 5.82 Å². The lowest BCUT2D eigenvalue weighted by Gasteiger charge is -2.12. The van der Waals surface area contributed by atoms with Crippen LogP contribution in [0.1, 0.15) is 20.3 Å². The van der Waals surface area contributed by atoms with Crippen LogP contribution in [-0.2, 0) is 6.54 Å². The van der Waals surface area contributed by atoms with E-state index in [4.69, 9.17) is 5.73 Å². The Kier molecular flexibility index (Phi) is 3.11. The molecule has 3 N–H and O–H groups in total. The number of nitrogens with two attached hydrogens (primary N) is 1. The van der Waals surface area contributed by atoms with E-state index < -0.39 is 11.2 Å². The molecule has 0 aliphatic rings. The van der Waals surface area contributed by atoms with Gasteiger partial charge in [-0.3, -0.25) is 14.3 Å². The van der Waals surface area contributed by atoms with Crippen molar-refractivity contribution in [2.24, 2.45) is 5.92 Å². The average Bonchev–Trinajstić information content (AvgIpc) is 2.10. The third kappa shape index (κ3) is 2.25. The maximum absolute atomic E-state index is 11.3. The van der Waals surface area contributed by atoms with Gasteiger partial charge in [-0.05, 0) is 5.92 Å². The summed E-state index contributed by atoms with van der Waals surface area (Å²) in [6.45, 7) is 4.60. The number of nitrogen functional groups attached to an aromatic ring is 1. The molecule has 0 aliphatic carbocycles. The third-order valence-electron chi connectivity index (χ3n) is 2.26. The quantitative estimate of drug-likeness (QED) is 0.724. The molecule has 0 amide bonds. The number of anilines is 1. The van der Waals surface area contributed by atoms with Crippen LogP contribution in [0.4, 0.5) is 5.82 Å². The monoisotopic (exact) mass is 197 g/mol. The third-order valence-corrected chi connectivity index (χ3v) is 2.26. The molecule has 1 atom stereocenters. The summed E-state index contributed by atoms with van der Waals surface area (Å²) >= 11 is 0. The first kappa shape index (κ1) is 10.6. The topological polar surface area (TPSA) is 80.9 Å². The summed E-state index contributed by atoms with van der Waals surface area (Å²) < 4.78 is 1.38. The maximum Gasteiger partial charge on any atom is 0.329 e. The van der Waals surface area contributed by atoms with E-state index in [9.17, 15) is 9.59 Å². The summed E-state index contributed by atoms with van der Waals surface area (Å²) in [6.07, 6.45) is 0.963. The van der Waals surface area contributed by atoms with E-state index in [2.05, 4.69) is 4.98 Å². The van der Waals surface area contributed by atoms with Gasteiger partial charge in [0.25, 0.3) is 5.56 Å². The molecule has 14 heavy (non-hydrogen) atoms. The minimum absolute atomic E-state index is 0.221. The molecule has 1 aromatic heterocycles. The molecule has 5 heteroatoms. The number of aromatic amines is 1. The summed E-state index contributed by atoms with van der Waals surface area (Å²) in [7, 11) is 0. The van der Waals surface area contributed by atoms with Gasteiger partial charge in [0.1, 0.15) is 5.82 Å². The normalized spacial score (nSPS) is 12.7. The van der Waals surface area contributed by atoms with Gasteiger partial charge in [0.15, 0.2) is 0 Å². The highest BCUT2D eigenvalue weighted by atomic mass is 16.2. The lowest BCUT2D eigenvalue weighted by Crippen LogP contribution is -2.32. The molecule has 1 heterocycles. The molecule has 78 valence electrons. The average molecular weight is 197 g/mol. The minimum atomic E-state index is -0.451. The molecule has 1 rings (SSSR count). The molecule has 1 aromatic rings. The maximum atomic E-state index is 11.3. The van der Waals surface area contributed by atoms with Crippen molar-refractivity contribution in [3.8, 4) is 0 Å². The lowest BCUT2D eigenvalue weighted by molar-refractivity contribution is 0.458. The first-order valence-corrected chi connectivity index (χ1v) is 4.64. The van der Waals surface area contributed by atoms with Crippen LogP contribution in [-0.4, -0.2) is 9.55 Å². The summed E-state index contributed by atoms with van der Waals surface area (Å²) in [5.41, 5.74) is 4.68. The Morgan fingerprint density at radius 3 is 2.71 bits per heavy atom. The number of hydrogen-bond acceptors (Lipinski definition) is 3. The van der Waals surface area contributed by atoms with Crippen LogP contribution in [0, 0.1) is 5.92 Å². The highest BCUT2D eigenvalue weighted by Gasteiger charge is 2.06. The van der Waals surface area contributed by atoms with Gasteiger partial charge in [0.2, 0.25) is 0 Å². The molecule has 0 fully saturated rings. The largest absolute Gasteiger partial charge is 0.385 e. The zero-order chi connectivity index (χ0) is 10.7. The van der Waals surface area contributed by atoms with Gasteiger partial charge in [-0.1, -0.05) is 20.3 Å². The second kappa shape index (κ2) is 4.13. The number of H-pyrrole nitrogens is 1. The molecule has 0 bridgehead atoms. The van der Waals surface area contributed by atoms with Gasteiger partial charge in [-0.2, -0.15) is 0 Å². The fraction of sp³-hybridized carbons (Fsp3) is 0.556. The van der Waals surface area contributed by atoms with E-state index in [1.54, 1.807) is 0 Å². The molecule has 0 saturated heterocycles. The smallest absolute Gasteiger partial charge is 0.329 e. The van der Waals surface area contributed by atoms with E-state index in [-0.39, 0.29) is 5.82 Å². The van der Waals surface area contributed by atoms with Crippen LogP contribution in [0.25, 0.3) is 0 Å². The minimum Gasteiger partial charge on any atom is -0.385 e. The van der Waals surface area contributed by atoms with Crippen molar-refractivity contribution in [2.45, 2.75) is 26.8 Å². The molecule has 0 radical (unpaired) electrons. The van der Waals surface area contributed by atoms with Gasteiger partial charge < -0.3 is 5.73 Å². The van der Waals surface area contributed by atoms with Gasteiger partial charge in [0.05, 0.1) is 0 Å². The molecule has 0 saturated carbocycles. The van der Waals surface area contributed by atoms with Crippen molar-refractivity contribution in [2.75, 3.05) is 5.73 Å². The molecule has 0 aromatic carbocycles. The Bertz CT molecular complexity index is 419. The van der Waals surface area contributed by atoms with Gasteiger partial charge >= 0.3 is 5.69 Å². The van der Waals surface area contributed by atoms with E-state index in [0.29, 0.717) is 12.5 Å². The predicted molar refractivity (Wildman–Crippen MR) is 55.2 cm³/mol. The summed E-state index contributed by atoms with van der Waals surface area (Å²) in [4.78, 5) is 24.4. The van der Waals surface area contributed by atoms with Crippen molar-refractivity contribution in [1.29, 1.82) is 0 Å². The summed E-state index contributed by atoms with van der Waals surface area (Å²) in [5, 5.41) is 0. The predicted octanol–water partition coefficient (Wildman–Crippen LogP) is 0.165. The highest BCUT2D eigenvalue weighted by Crippen LogP contribution is 2.05. The van der Waals surface area contributed by atoms with Crippen molar-refractivity contribution in [1.82, 2.24) is 9.55 Å². The molecule has 0 spiro atoms. The number of hydrogen-bond donors (Lipinski definition) is 2. The van der Waals surface area contributed by atoms with Crippen LogP contribution >= 0.6 is 0 Å². The van der Waals surface area contributed by atoms with Crippen molar-refractivity contribution in [3.63, 3.8) is 0 Å². The Morgan fingerprint density at radius 1 is 1.57 bits per heavy atom. The van der Waals surface area contributed by atoms with E-state index >= 15 is 0 Å². The lowest BCUT2D eigenvalue weighted by atomic mass is 10.1. The first-order valence-electron chi connectivity index (χ1n) is 4.64.